The number of aliphatic hydroxyl groups is 1. The minimum absolute atomic E-state index is 0.0754. The molecule has 0 aromatic heterocycles. The number of ether oxygens (including phenoxy) is 2. The highest BCUT2D eigenvalue weighted by Gasteiger charge is 2.16. The largest absolute Gasteiger partial charge is 0.462 e. The lowest BCUT2D eigenvalue weighted by molar-refractivity contribution is -0.161. The van der Waals surface area contributed by atoms with Crippen LogP contribution in [0, 0.1) is 0 Å². The normalized spacial score (nSPS) is 13.0. The van der Waals surface area contributed by atoms with Gasteiger partial charge in [-0.05, 0) is 109 Å². The summed E-state index contributed by atoms with van der Waals surface area (Å²) in [5.41, 5.74) is 0. The van der Waals surface area contributed by atoms with E-state index in [1.807, 2.05) is 0 Å². The van der Waals surface area contributed by atoms with E-state index in [1.165, 1.54) is 205 Å². The number of esters is 2. The van der Waals surface area contributed by atoms with Gasteiger partial charge in [-0.3, -0.25) is 9.59 Å². The molecule has 0 spiro atoms. The van der Waals surface area contributed by atoms with Gasteiger partial charge in [0.05, 0.1) is 6.61 Å². The van der Waals surface area contributed by atoms with Crippen molar-refractivity contribution in [3.05, 3.63) is 122 Å². The first-order valence-corrected chi connectivity index (χ1v) is 35.1. The molecule has 470 valence electrons. The molecule has 0 saturated carbocycles. The smallest absolute Gasteiger partial charge is 0.306 e. The van der Waals surface area contributed by atoms with E-state index >= 15 is 0 Å². The van der Waals surface area contributed by atoms with Crippen LogP contribution in [0.5, 0.6) is 0 Å². The third-order valence-corrected chi connectivity index (χ3v) is 15.2. The zero-order valence-electron chi connectivity index (χ0n) is 54.0. The van der Waals surface area contributed by atoms with E-state index in [9.17, 15) is 14.7 Å². The summed E-state index contributed by atoms with van der Waals surface area (Å²) in [5.74, 6) is -0.602. The number of carbonyl (C=O) groups excluding carboxylic acids is 2. The Hall–Kier alpha value is -3.70. The monoisotopic (exact) mass is 1140 g/mol. The Kier molecular flexibility index (Phi) is 68.3. The molecule has 0 aromatic carbocycles. The van der Waals surface area contributed by atoms with E-state index < -0.39 is 6.10 Å². The Bertz CT molecular complexity index is 1620. The lowest BCUT2D eigenvalue weighted by atomic mass is 10.0. The first-order valence-electron chi connectivity index (χ1n) is 35.1. The minimum Gasteiger partial charge on any atom is -0.462 e. The molecule has 0 amide bonds. The van der Waals surface area contributed by atoms with Crippen LogP contribution < -0.4 is 0 Å². The second-order valence-electron chi connectivity index (χ2n) is 23.2. The van der Waals surface area contributed by atoms with Crippen LogP contribution in [0.15, 0.2) is 122 Å². The third kappa shape index (κ3) is 68.8. The van der Waals surface area contributed by atoms with Gasteiger partial charge in [0, 0.05) is 12.8 Å². The Labute approximate surface area is 509 Å². The molecule has 0 fully saturated rings. The zero-order chi connectivity index (χ0) is 59.1. The van der Waals surface area contributed by atoms with E-state index in [2.05, 4.69) is 135 Å². The molecule has 1 unspecified atom stereocenters. The second kappa shape index (κ2) is 71.6. The van der Waals surface area contributed by atoms with Gasteiger partial charge in [0.15, 0.2) is 6.10 Å². The topological polar surface area (TPSA) is 72.8 Å². The highest BCUT2D eigenvalue weighted by molar-refractivity contribution is 5.70. The molecule has 0 aromatic rings. The SMILES string of the molecule is CC/C=C\C/C=C\C/C=C\C/C=C\C/C=C\C/C=C\C/C=C\C/C=C\CCCCCCCCC(=O)OC(CO)COC(=O)CCCCCCCCCCCCCCCCCCCCCCCCCCC/C=C\C/C=C\CCCCCCC. The highest BCUT2D eigenvalue weighted by Crippen LogP contribution is 2.18. The van der Waals surface area contributed by atoms with Gasteiger partial charge in [-0.15, -0.1) is 0 Å². The summed E-state index contributed by atoms with van der Waals surface area (Å²) in [6.45, 7) is 4.03. The maximum Gasteiger partial charge on any atom is 0.306 e. The second-order valence-corrected chi connectivity index (χ2v) is 23.2. The molecule has 0 aliphatic rings. The van der Waals surface area contributed by atoms with Crippen molar-refractivity contribution < 1.29 is 24.2 Å². The summed E-state index contributed by atoms with van der Waals surface area (Å²) in [6.07, 6.45) is 105. The van der Waals surface area contributed by atoms with E-state index in [1.54, 1.807) is 0 Å². The summed E-state index contributed by atoms with van der Waals surface area (Å²) in [5, 5.41) is 9.70. The molecule has 0 radical (unpaired) electrons. The van der Waals surface area contributed by atoms with Crippen molar-refractivity contribution in [3.63, 3.8) is 0 Å². The Morgan fingerprint density at radius 1 is 0.293 bits per heavy atom. The summed E-state index contributed by atoms with van der Waals surface area (Å²) < 4.78 is 10.7. The zero-order valence-corrected chi connectivity index (χ0v) is 54.0. The van der Waals surface area contributed by atoms with Crippen molar-refractivity contribution in [2.24, 2.45) is 0 Å². The molecule has 0 rings (SSSR count). The van der Waals surface area contributed by atoms with Gasteiger partial charge in [-0.1, -0.05) is 334 Å². The molecule has 5 nitrogen and oxygen atoms in total. The number of allylic oxidation sites excluding steroid dienone is 20. The number of carbonyl (C=O) groups is 2. The highest BCUT2D eigenvalue weighted by atomic mass is 16.6. The summed E-state index contributed by atoms with van der Waals surface area (Å²) in [4.78, 5) is 24.6. The van der Waals surface area contributed by atoms with Gasteiger partial charge in [0.2, 0.25) is 0 Å². The number of hydrogen-bond acceptors (Lipinski definition) is 5. The maximum absolute atomic E-state index is 12.4. The predicted molar refractivity (Wildman–Crippen MR) is 362 cm³/mol. The van der Waals surface area contributed by atoms with Crippen molar-refractivity contribution in [2.75, 3.05) is 13.2 Å². The van der Waals surface area contributed by atoms with E-state index in [0.29, 0.717) is 12.8 Å². The van der Waals surface area contributed by atoms with E-state index in [-0.39, 0.29) is 25.2 Å². The van der Waals surface area contributed by atoms with Crippen molar-refractivity contribution in [1.29, 1.82) is 0 Å². The summed E-state index contributed by atoms with van der Waals surface area (Å²) >= 11 is 0. The lowest BCUT2D eigenvalue weighted by Crippen LogP contribution is -2.28. The standard InChI is InChI=1S/C77H132O5/c1-3-5-7-9-11-13-15-17-19-21-23-25-27-29-31-33-35-36-37-38-39-40-42-43-45-47-49-51-53-55-57-59-61-63-65-67-69-71-76(79)81-74-75(73-78)82-77(80)72-70-68-66-64-62-60-58-56-54-52-50-48-46-44-41-34-32-30-28-26-24-22-20-18-16-14-12-10-8-6-4-2/h6,8,12,14-15,17-18,20-21,23-24,26,30,32,41,44,48,50,54,56,75,78H,3-5,7,9-11,13,16,19,22,25,27-29,31,33-40,42-43,45-47,49,51-53,55,57-74H2,1-2H3/b8-6-,14-12-,17-15-,20-18-,23-21-,26-24-,32-30-,44-41-,50-48-,56-54-. The van der Waals surface area contributed by atoms with Crippen LogP contribution in [0.2, 0.25) is 0 Å². The van der Waals surface area contributed by atoms with E-state index in [0.717, 1.165) is 103 Å². The van der Waals surface area contributed by atoms with Gasteiger partial charge in [-0.25, -0.2) is 0 Å². The first kappa shape index (κ1) is 78.3. The molecular weight excluding hydrogens is 1000 g/mol. The number of aliphatic hydroxyl groups excluding tert-OH is 1. The van der Waals surface area contributed by atoms with Gasteiger partial charge in [-0.2, -0.15) is 0 Å². The fourth-order valence-corrected chi connectivity index (χ4v) is 10.0. The Balaban J connectivity index is 3.49. The Morgan fingerprint density at radius 3 is 0.793 bits per heavy atom. The molecule has 1 atom stereocenters. The van der Waals surface area contributed by atoms with Crippen LogP contribution in [0.25, 0.3) is 0 Å². The molecule has 0 aliphatic carbocycles. The fraction of sp³-hybridized carbons (Fsp3) is 0.714. The Morgan fingerprint density at radius 2 is 0.524 bits per heavy atom. The third-order valence-electron chi connectivity index (χ3n) is 15.2. The van der Waals surface area contributed by atoms with E-state index in [4.69, 9.17) is 9.47 Å². The molecule has 0 aliphatic heterocycles. The van der Waals surface area contributed by atoms with Crippen LogP contribution in [0.3, 0.4) is 0 Å². The average molecular weight is 1140 g/mol. The number of rotatable bonds is 64. The van der Waals surface area contributed by atoms with Crippen molar-refractivity contribution >= 4 is 11.9 Å². The summed E-state index contributed by atoms with van der Waals surface area (Å²) in [7, 11) is 0. The fourth-order valence-electron chi connectivity index (χ4n) is 10.0. The molecule has 0 bridgehead atoms. The minimum atomic E-state index is -0.788. The molecular formula is C77H132O5. The van der Waals surface area contributed by atoms with Gasteiger partial charge < -0.3 is 14.6 Å². The van der Waals surface area contributed by atoms with Crippen LogP contribution in [-0.4, -0.2) is 36.4 Å². The average Bonchev–Trinajstić information content (AvgIpc) is 3.49. The molecule has 0 heterocycles. The van der Waals surface area contributed by atoms with Crippen molar-refractivity contribution in [2.45, 2.75) is 341 Å². The van der Waals surface area contributed by atoms with Crippen LogP contribution in [-0.2, 0) is 19.1 Å². The van der Waals surface area contributed by atoms with Crippen LogP contribution >= 0.6 is 0 Å². The molecule has 1 N–H and O–H groups in total. The summed E-state index contributed by atoms with van der Waals surface area (Å²) in [6, 6.07) is 0. The number of unbranched alkanes of at least 4 members (excludes halogenated alkanes) is 36. The maximum atomic E-state index is 12.4. The van der Waals surface area contributed by atoms with Gasteiger partial charge >= 0.3 is 11.9 Å². The molecule has 5 heteroatoms. The van der Waals surface area contributed by atoms with Crippen molar-refractivity contribution in [3.8, 4) is 0 Å². The van der Waals surface area contributed by atoms with Gasteiger partial charge in [0.1, 0.15) is 6.61 Å². The lowest BCUT2D eigenvalue weighted by Gasteiger charge is -2.15. The van der Waals surface area contributed by atoms with Gasteiger partial charge in [0.25, 0.3) is 0 Å². The van der Waals surface area contributed by atoms with Crippen molar-refractivity contribution in [1.82, 2.24) is 0 Å². The quantitative estimate of drug-likeness (QED) is 0.0373. The number of hydrogen-bond donors (Lipinski definition) is 1. The first-order chi connectivity index (χ1) is 40.6. The predicted octanol–water partition coefficient (Wildman–Crippen LogP) is 24.5. The van der Waals surface area contributed by atoms with Crippen LogP contribution in [0.4, 0.5) is 0 Å². The molecule has 0 saturated heterocycles. The van der Waals surface area contributed by atoms with Crippen LogP contribution in [0.1, 0.15) is 335 Å². The molecule has 82 heavy (non-hydrogen) atoms.